The van der Waals surface area contributed by atoms with Gasteiger partial charge in [0.05, 0.1) is 13.4 Å². The molecule has 28 heavy (non-hydrogen) atoms. The predicted molar refractivity (Wildman–Crippen MR) is 108 cm³/mol. The molecular weight excluding hydrogens is 352 g/mol. The normalized spacial score (nSPS) is 21.3. The summed E-state index contributed by atoms with van der Waals surface area (Å²) in [7, 11) is 1.69. The van der Waals surface area contributed by atoms with E-state index in [2.05, 4.69) is 17.0 Å². The van der Waals surface area contributed by atoms with Gasteiger partial charge < -0.3 is 13.7 Å². The Morgan fingerprint density at radius 1 is 1.07 bits per heavy atom. The molecule has 0 saturated carbocycles. The molecule has 2 bridgehead atoms. The quantitative estimate of drug-likeness (QED) is 0.696. The van der Waals surface area contributed by atoms with Gasteiger partial charge in [-0.2, -0.15) is 0 Å². The Kier molecular flexibility index (Phi) is 4.32. The molecule has 0 aliphatic carbocycles. The van der Waals surface area contributed by atoms with Crippen molar-refractivity contribution in [2.45, 2.75) is 25.4 Å². The lowest BCUT2D eigenvalue weighted by Crippen LogP contribution is -2.47. The van der Waals surface area contributed by atoms with E-state index in [1.807, 2.05) is 34.9 Å². The van der Waals surface area contributed by atoms with Gasteiger partial charge in [0.1, 0.15) is 11.5 Å². The highest BCUT2D eigenvalue weighted by molar-refractivity contribution is 5.61. The van der Waals surface area contributed by atoms with Crippen molar-refractivity contribution in [1.29, 1.82) is 0 Å². The van der Waals surface area contributed by atoms with Crippen LogP contribution in [-0.2, 0) is 13.1 Å². The minimum Gasteiger partial charge on any atom is -0.497 e. The lowest BCUT2D eigenvalue weighted by atomic mass is 9.81. The highest BCUT2D eigenvalue weighted by Crippen LogP contribution is 2.40. The van der Waals surface area contributed by atoms with E-state index in [1.54, 1.807) is 19.4 Å². The number of methoxy groups -OCH3 is 1. The van der Waals surface area contributed by atoms with Gasteiger partial charge in [-0.05, 0) is 48.2 Å². The Morgan fingerprint density at radius 2 is 1.93 bits per heavy atom. The largest absolute Gasteiger partial charge is 0.497 e. The second-order valence-corrected chi connectivity index (χ2v) is 7.90. The molecule has 0 spiro atoms. The molecule has 5 rings (SSSR count). The fraction of sp³-hybridized carbons (Fsp3) is 0.348. The summed E-state index contributed by atoms with van der Waals surface area (Å²) in [6, 6.07) is 15.8. The Labute approximate surface area is 164 Å². The number of furan rings is 1. The fourth-order valence-electron chi connectivity index (χ4n) is 4.87. The van der Waals surface area contributed by atoms with Gasteiger partial charge in [-0.15, -0.1) is 0 Å². The van der Waals surface area contributed by atoms with Crippen LogP contribution in [0.15, 0.2) is 64.0 Å². The van der Waals surface area contributed by atoms with Gasteiger partial charge in [0.2, 0.25) is 0 Å². The monoisotopic (exact) mass is 376 g/mol. The number of aromatic nitrogens is 1. The number of ether oxygens (including phenoxy) is 1. The number of hydrogen-bond acceptors (Lipinski definition) is 4. The van der Waals surface area contributed by atoms with E-state index in [-0.39, 0.29) is 5.56 Å². The third-order valence-electron chi connectivity index (χ3n) is 6.02. The second-order valence-electron chi connectivity index (χ2n) is 7.90. The first-order chi connectivity index (χ1) is 13.7. The molecule has 2 aromatic heterocycles. The van der Waals surface area contributed by atoms with E-state index >= 15 is 0 Å². The number of fused-ring (bicyclic) bond motifs is 4. The molecule has 2 aliphatic rings. The molecule has 1 saturated heterocycles. The predicted octanol–water partition coefficient (Wildman–Crippen LogP) is 3.74. The molecule has 0 radical (unpaired) electrons. The van der Waals surface area contributed by atoms with Crippen molar-refractivity contribution in [2.75, 3.05) is 20.2 Å². The summed E-state index contributed by atoms with van der Waals surface area (Å²) in [5.41, 5.74) is 3.58. The van der Waals surface area contributed by atoms with Crippen LogP contribution in [0.3, 0.4) is 0 Å². The van der Waals surface area contributed by atoms with E-state index in [9.17, 15) is 4.79 Å². The van der Waals surface area contributed by atoms with Crippen LogP contribution in [0.5, 0.6) is 5.75 Å². The van der Waals surface area contributed by atoms with Crippen molar-refractivity contribution >= 4 is 0 Å². The average molecular weight is 376 g/mol. The summed E-state index contributed by atoms with van der Waals surface area (Å²) in [4.78, 5) is 15.1. The van der Waals surface area contributed by atoms with Crippen LogP contribution in [0.1, 0.15) is 23.6 Å². The molecule has 3 aromatic rings. The Balaban J connectivity index is 1.45. The SMILES string of the molecule is COc1ccc(CN2C[C@H]3C[C@H](C2)c2c(-c4ccco4)ccc(=O)n2C3)cc1. The second kappa shape index (κ2) is 6.99. The van der Waals surface area contributed by atoms with Crippen molar-refractivity contribution in [1.82, 2.24) is 9.47 Å². The molecule has 0 unspecified atom stereocenters. The summed E-state index contributed by atoms with van der Waals surface area (Å²) in [6.07, 6.45) is 2.83. The molecule has 2 atom stereocenters. The van der Waals surface area contributed by atoms with E-state index in [1.165, 1.54) is 5.56 Å². The Bertz CT molecular complexity index is 1020. The third kappa shape index (κ3) is 3.06. The van der Waals surface area contributed by atoms with Crippen LogP contribution in [0.25, 0.3) is 11.3 Å². The van der Waals surface area contributed by atoms with Crippen LogP contribution in [0, 0.1) is 5.92 Å². The van der Waals surface area contributed by atoms with Gasteiger partial charge in [0.15, 0.2) is 0 Å². The standard InChI is InChI=1S/C23H24N2O3/c1-27-19-6-4-16(5-7-19)12-24-13-17-11-18(15-24)23-20(21-3-2-10-28-21)8-9-22(26)25(23)14-17/h2-10,17-18H,11-15H2,1H3/t17-,18-/m1/s1. The molecule has 2 aliphatic heterocycles. The van der Waals surface area contributed by atoms with E-state index < -0.39 is 0 Å². The molecule has 0 N–H and O–H groups in total. The highest BCUT2D eigenvalue weighted by Gasteiger charge is 2.36. The summed E-state index contributed by atoms with van der Waals surface area (Å²) < 4.78 is 12.9. The van der Waals surface area contributed by atoms with Gasteiger partial charge in [-0.3, -0.25) is 9.69 Å². The maximum absolute atomic E-state index is 12.6. The number of nitrogens with zero attached hydrogens (tertiary/aromatic N) is 2. The Hall–Kier alpha value is -2.79. The maximum Gasteiger partial charge on any atom is 0.250 e. The van der Waals surface area contributed by atoms with Crippen LogP contribution in [0.2, 0.25) is 0 Å². The van der Waals surface area contributed by atoms with E-state index in [0.717, 1.165) is 55.4 Å². The highest BCUT2D eigenvalue weighted by atomic mass is 16.5. The summed E-state index contributed by atoms with van der Waals surface area (Å²) in [5, 5.41) is 0. The molecule has 1 fully saturated rings. The van der Waals surface area contributed by atoms with Crippen molar-refractivity contribution in [3.05, 3.63) is 76.4 Å². The molecule has 4 heterocycles. The van der Waals surface area contributed by atoms with Crippen molar-refractivity contribution in [3.63, 3.8) is 0 Å². The van der Waals surface area contributed by atoms with Crippen molar-refractivity contribution in [2.24, 2.45) is 5.92 Å². The number of benzene rings is 1. The molecule has 5 heteroatoms. The first kappa shape index (κ1) is 17.3. The smallest absolute Gasteiger partial charge is 0.250 e. The molecule has 1 aromatic carbocycles. The molecular formula is C23H24N2O3. The summed E-state index contributed by atoms with van der Waals surface area (Å²) >= 11 is 0. The number of rotatable bonds is 4. The zero-order valence-electron chi connectivity index (χ0n) is 16.0. The fourth-order valence-corrected chi connectivity index (χ4v) is 4.87. The summed E-state index contributed by atoms with van der Waals surface area (Å²) in [5.74, 6) is 2.58. The van der Waals surface area contributed by atoms with Gasteiger partial charge in [0.25, 0.3) is 5.56 Å². The third-order valence-corrected chi connectivity index (χ3v) is 6.02. The van der Waals surface area contributed by atoms with Crippen molar-refractivity contribution < 1.29 is 9.15 Å². The maximum atomic E-state index is 12.6. The van der Waals surface area contributed by atoms with Gasteiger partial charge in [-0.25, -0.2) is 0 Å². The van der Waals surface area contributed by atoms with E-state index in [0.29, 0.717) is 11.8 Å². The first-order valence-corrected chi connectivity index (χ1v) is 9.84. The zero-order chi connectivity index (χ0) is 19.1. The molecule has 144 valence electrons. The minimum absolute atomic E-state index is 0.101. The minimum atomic E-state index is 0.101. The van der Waals surface area contributed by atoms with Gasteiger partial charge in [-0.1, -0.05) is 12.1 Å². The average Bonchev–Trinajstić information content (AvgIpc) is 3.24. The lowest BCUT2D eigenvalue weighted by molar-refractivity contribution is 0.114. The Morgan fingerprint density at radius 3 is 2.68 bits per heavy atom. The van der Waals surface area contributed by atoms with Gasteiger partial charge >= 0.3 is 0 Å². The number of piperidine rings is 1. The van der Waals surface area contributed by atoms with Gasteiger partial charge in [0, 0.05) is 49.4 Å². The molecule has 0 amide bonds. The number of hydrogen-bond donors (Lipinski definition) is 0. The van der Waals surface area contributed by atoms with Crippen LogP contribution >= 0.6 is 0 Å². The van der Waals surface area contributed by atoms with Crippen LogP contribution in [0.4, 0.5) is 0 Å². The number of pyridine rings is 1. The number of likely N-dealkylation sites (tertiary alicyclic amines) is 1. The summed E-state index contributed by atoms with van der Waals surface area (Å²) in [6.45, 7) is 3.70. The molecule has 5 nitrogen and oxygen atoms in total. The lowest BCUT2D eigenvalue weighted by Gasteiger charge is -2.43. The topological polar surface area (TPSA) is 47.6 Å². The van der Waals surface area contributed by atoms with Crippen molar-refractivity contribution in [3.8, 4) is 17.1 Å². The van der Waals surface area contributed by atoms with E-state index in [4.69, 9.17) is 9.15 Å². The zero-order valence-corrected chi connectivity index (χ0v) is 16.0. The first-order valence-electron chi connectivity index (χ1n) is 9.84. The van der Waals surface area contributed by atoms with Crippen LogP contribution < -0.4 is 10.3 Å². The van der Waals surface area contributed by atoms with Crippen LogP contribution in [-0.4, -0.2) is 29.7 Å².